The van der Waals surface area contributed by atoms with Crippen molar-refractivity contribution in [3.05, 3.63) is 0 Å². The summed E-state index contributed by atoms with van der Waals surface area (Å²) in [6.45, 7) is 9.53. The van der Waals surface area contributed by atoms with Gasteiger partial charge in [0.2, 0.25) is 11.8 Å². The minimum atomic E-state index is -0.0331. The van der Waals surface area contributed by atoms with Crippen molar-refractivity contribution in [2.45, 2.75) is 40.5 Å². The van der Waals surface area contributed by atoms with Crippen LogP contribution in [-0.4, -0.2) is 36.3 Å². The van der Waals surface area contributed by atoms with Crippen molar-refractivity contribution >= 4 is 11.8 Å². The van der Waals surface area contributed by atoms with E-state index in [2.05, 4.69) is 19.2 Å². The largest absolute Gasteiger partial charge is 0.347 e. The van der Waals surface area contributed by atoms with E-state index in [1.165, 1.54) is 0 Å². The third-order valence-electron chi connectivity index (χ3n) is 2.50. The van der Waals surface area contributed by atoms with Gasteiger partial charge in [0, 0.05) is 19.5 Å². The average Bonchev–Trinajstić information content (AvgIpc) is 2.25. The fourth-order valence-corrected chi connectivity index (χ4v) is 1.37. The summed E-state index contributed by atoms with van der Waals surface area (Å²) >= 11 is 0. The van der Waals surface area contributed by atoms with Crippen molar-refractivity contribution < 1.29 is 9.59 Å². The molecule has 0 aromatic carbocycles. The number of nitrogens with one attached hydrogen (secondary N) is 1. The summed E-state index contributed by atoms with van der Waals surface area (Å²) in [7, 11) is 0. The molecular weight excluding hydrogens is 204 g/mol. The molecule has 0 unspecified atom stereocenters. The average molecular weight is 228 g/mol. The van der Waals surface area contributed by atoms with Crippen LogP contribution in [0.5, 0.6) is 0 Å². The standard InChI is InChI=1S/C12H24N2O2/c1-5-14(6-2)12(16)9-13-11(15)8-7-10(3)4/h10H,5-9H2,1-4H3,(H,13,15). The summed E-state index contributed by atoms with van der Waals surface area (Å²) in [6.07, 6.45) is 1.37. The van der Waals surface area contributed by atoms with E-state index in [1.54, 1.807) is 4.90 Å². The van der Waals surface area contributed by atoms with Crippen LogP contribution in [0, 0.1) is 5.92 Å². The van der Waals surface area contributed by atoms with E-state index in [4.69, 9.17) is 0 Å². The topological polar surface area (TPSA) is 49.4 Å². The minimum absolute atomic E-state index is 0.0112. The van der Waals surface area contributed by atoms with E-state index in [9.17, 15) is 9.59 Å². The Morgan fingerprint density at radius 2 is 1.75 bits per heavy atom. The number of hydrogen-bond donors (Lipinski definition) is 1. The summed E-state index contributed by atoms with van der Waals surface area (Å²) in [5.74, 6) is 0.473. The van der Waals surface area contributed by atoms with Crippen molar-refractivity contribution in [3.63, 3.8) is 0 Å². The van der Waals surface area contributed by atoms with Crippen molar-refractivity contribution in [2.24, 2.45) is 5.92 Å². The van der Waals surface area contributed by atoms with Crippen LogP contribution in [0.1, 0.15) is 40.5 Å². The molecule has 0 saturated heterocycles. The molecule has 2 amide bonds. The van der Waals surface area contributed by atoms with Gasteiger partial charge in [0.1, 0.15) is 0 Å². The van der Waals surface area contributed by atoms with E-state index in [1.807, 2.05) is 13.8 Å². The van der Waals surface area contributed by atoms with Gasteiger partial charge >= 0.3 is 0 Å². The maximum atomic E-state index is 11.6. The maximum Gasteiger partial charge on any atom is 0.241 e. The highest BCUT2D eigenvalue weighted by atomic mass is 16.2. The van der Waals surface area contributed by atoms with Gasteiger partial charge in [-0.25, -0.2) is 0 Å². The Hall–Kier alpha value is -1.06. The fourth-order valence-electron chi connectivity index (χ4n) is 1.37. The first kappa shape index (κ1) is 14.9. The molecule has 0 heterocycles. The molecule has 0 spiro atoms. The van der Waals surface area contributed by atoms with Crippen molar-refractivity contribution in [2.75, 3.05) is 19.6 Å². The molecule has 4 heteroatoms. The van der Waals surface area contributed by atoms with Gasteiger partial charge in [-0.1, -0.05) is 13.8 Å². The van der Waals surface area contributed by atoms with Gasteiger partial charge in [-0.15, -0.1) is 0 Å². The molecule has 0 bridgehead atoms. The van der Waals surface area contributed by atoms with Gasteiger partial charge in [-0.05, 0) is 26.2 Å². The zero-order valence-electron chi connectivity index (χ0n) is 10.9. The molecule has 16 heavy (non-hydrogen) atoms. The molecule has 0 saturated carbocycles. The SMILES string of the molecule is CCN(CC)C(=O)CNC(=O)CCC(C)C. The van der Waals surface area contributed by atoms with Gasteiger partial charge in [0.25, 0.3) is 0 Å². The summed E-state index contributed by atoms with van der Waals surface area (Å²) in [5, 5.41) is 2.66. The van der Waals surface area contributed by atoms with Crippen LogP contribution >= 0.6 is 0 Å². The molecule has 4 nitrogen and oxygen atoms in total. The van der Waals surface area contributed by atoms with Crippen molar-refractivity contribution in [3.8, 4) is 0 Å². The van der Waals surface area contributed by atoms with Crippen LogP contribution in [0.3, 0.4) is 0 Å². The van der Waals surface area contributed by atoms with Crippen molar-refractivity contribution in [1.82, 2.24) is 10.2 Å². The number of nitrogens with zero attached hydrogens (tertiary/aromatic N) is 1. The lowest BCUT2D eigenvalue weighted by atomic mass is 10.1. The highest BCUT2D eigenvalue weighted by Crippen LogP contribution is 2.02. The quantitative estimate of drug-likeness (QED) is 0.716. The predicted octanol–water partition coefficient (Wildman–Crippen LogP) is 1.41. The predicted molar refractivity (Wildman–Crippen MR) is 65.0 cm³/mol. The second-order valence-electron chi connectivity index (χ2n) is 4.28. The van der Waals surface area contributed by atoms with Gasteiger partial charge in [-0.2, -0.15) is 0 Å². The van der Waals surface area contributed by atoms with E-state index in [0.717, 1.165) is 6.42 Å². The first-order chi connectivity index (χ1) is 7.51. The van der Waals surface area contributed by atoms with E-state index >= 15 is 0 Å². The van der Waals surface area contributed by atoms with Gasteiger partial charge in [-0.3, -0.25) is 9.59 Å². The Kier molecular flexibility index (Phi) is 7.60. The van der Waals surface area contributed by atoms with E-state index < -0.39 is 0 Å². The van der Waals surface area contributed by atoms with Crippen LogP contribution in [0.2, 0.25) is 0 Å². The monoisotopic (exact) mass is 228 g/mol. The molecular formula is C12H24N2O2. The highest BCUT2D eigenvalue weighted by Gasteiger charge is 2.10. The normalized spacial score (nSPS) is 10.3. The van der Waals surface area contributed by atoms with Gasteiger partial charge in [0.05, 0.1) is 6.54 Å². The number of carbonyl (C=O) groups is 2. The number of rotatable bonds is 7. The lowest BCUT2D eigenvalue weighted by Gasteiger charge is -2.18. The van der Waals surface area contributed by atoms with Gasteiger partial charge in [0.15, 0.2) is 0 Å². The first-order valence-electron chi connectivity index (χ1n) is 6.05. The summed E-state index contributed by atoms with van der Waals surface area (Å²) < 4.78 is 0. The first-order valence-corrected chi connectivity index (χ1v) is 6.05. The molecule has 94 valence electrons. The fraction of sp³-hybridized carbons (Fsp3) is 0.833. The lowest BCUT2D eigenvalue weighted by Crippen LogP contribution is -2.39. The number of likely N-dealkylation sites (N-methyl/N-ethyl adjacent to an activating group) is 1. The second kappa shape index (κ2) is 8.13. The Morgan fingerprint density at radius 1 is 1.19 bits per heavy atom. The third kappa shape index (κ3) is 6.43. The summed E-state index contributed by atoms with van der Waals surface area (Å²) in [6, 6.07) is 0. The third-order valence-corrected chi connectivity index (χ3v) is 2.50. The van der Waals surface area contributed by atoms with Gasteiger partial charge < -0.3 is 10.2 Å². The molecule has 0 rings (SSSR count). The Labute approximate surface area is 98.4 Å². The van der Waals surface area contributed by atoms with Crippen molar-refractivity contribution in [1.29, 1.82) is 0 Å². The van der Waals surface area contributed by atoms with Crippen LogP contribution < -0.4 is 5.32 Å². The molecule has 0 atom stereocenters. The smallest absolute Gasteiger partial charge is 0.241 e. The Balaban J connectivity index is 3.78. The molecule has 0 aliphatic rings. The molecule has 0 aliphatic heterocycles. The lowest BCUT2D eigenvalue weighted by molar-refractivity contribution is -0.132. The zero-order chi connectivity index (χ0) is 12.6. The molecule has 0 aromatic rings. The molecule has 1 N–H and O–H groups in total. The highest BCUT2D eigenvalue weighted by molar-refractivity contribution is 5.84. The number of carbonyl (C=O) groups excluding carboxylic acids is 2. The minimum Gasteiger partial charge on any atom is -0.347 e. The zero-order valence-corrected chi connectivity index (χ0v) is 10.9. The molecule has 0 aromatic heterocycles. The molecule has 0 aliphatic carbocycles. The second-order valence-corrected chi connectivity index (χ2v) is 4.28. The summed E-state index contributed by atoms with van der Waals surface area (Å²) in [5.41, 5.74) is 0. The number of amides is 2. The molecule has 0 fully saturated rings. The van der Waals surface area contributed by atoms with E-state index in [0.29, 0.717) is 25.4 Å². The number of hydrogen-bond acceptors (Lipinski definition) is 2. The Morgan fingerprint density at radius 3 is 2.19 bits per heavy atom. The molecule has 0 radical (unpaired) electrons. The van der Waals surface area contributed by atoms with Crippen LogP contribution in [0.15, 0.2) is 0 Å². The van der Waals surface area contributed by atoms with Crippen LogP contribution in [0.4, 0.5) is 0 Å². The maximum absolute atomic E-state index is 11.6. The van der Waals surface area contributed by atoms with E-state index in [-0.39, 0.29) is 18.4 Å². The van der Waals surface area contributed by atoms with Crippen LogP contribution in [-0.2, 0) is 9.59 Å². The Bertz CT molecular complexity index is 223. The summed E-state index contributed by atoms with van der Waals surface area (Å²) in [4.78, 5) is 24.6. The van der Waals surface area contributed by atoms with Crippen LogP contribution in [0.25, 0.3) is 0 Å².